The zero-order valence-electron chi connectivity index (χ0n) is 10.1. The maximum atomic E-state index is 11.7. The van der Waals surface area contributed by atoms with E-state index in [4.69, 9.17) is 5.73 Å². The van der Waals surface area contributed by atoms with Crippen molar-refractivity contribution in [1.29, 1.82) is 0 Å². The van der Waals surface area contributed by atoms with Crippen molar-refractivity contribution in [1.82, 2.24) is 14.7 Å². The Morgan fingerprint density at radius 2 is 2.11 bits per heavy atom. The molecule has 6 nitrogen and oxygen atoms in total. The number of hydrogen-bond acceptors (Lipinski definition) is 6. The molecule has 2 rings (SSSR count). The number of sulfonamides is 1. The van der Waals surface area contributed by atoms with Gasteiger partial charge in [0.05, 0.1) is 11.1 Å². The number of rotatable bonds is 4. The minimum absolute atomic E-state index is 0.163. The second-order valence-corrected chi connectivity index (χ2v) is 6.50. The Morgan fingerprint density at radius 1 is 1.32 bits per heavy atom. The summed E-state index contributed by atoms with van der Waals surface area (Å²) in [5, 5.41) is 0.646. The fraction of sp³-hybridized carbons (Fsp3) is 0.0909. The van der Waals surface area contributed by atoms with E-state index in [0.29, 0.717) is 15.6 Å². The van der Waals surface area contributed by atoms with E-state index < -0.39 is 10.0 Å². The standard InChI is InChI=1S/C11H12N4O2S2/c1-13-19(16,17)8-2-3-9(12)10(6-8)18-11-7-14-4-5-15-11/h2-7,13H,12H2,1H3. The van der Waals surface area contributed by atoms with Crippen molar-refractivity contribution in [2.45, 2.75) is 14.8 Å². The molecule has 1 aromatic heterocycles. The van der Waals surface area contributed by atoms with E-state index in [-0.39, 0.29) is 4.90 Å². The summed E-state index contributed by atoms with van der Waals surface area (Å²) in [7, 11) is -2.12. The van der Waals surface area contributed by atoms with E-state index in [1.165, 1.54) is 30.9 Å². The van der Waals surface area contributed by atoms with Gasteiger partial charge in [0.1, 0.15) is 5.03 Å². The molecule has 2 aromatic rings. The number of hydrogen-bond donors (Lipinski definition) is 2. The van der Waals surface area contributed by atoms with Crippen LogP contribution in [0, 0.1) is 0 Å². The summed E-state index contributed by atoms with van der Waals surface area (Å²) in [5.41, 5.74) is 6.33. The minimum atomic E-state index is -3.48. The van der Waals surface area contributed by atoms with E-state index >= 15 is 0 Å². The molecule has 0 amide bonds. The van der Waals surface area contributed by atoms with Crippen LogP contribution in [0.4, 0.5) is 5.69 Å². The molecule has 0 aliphatic carbocycles. The first-order chi connectivity index (χ1) is 9.03. The van der Waals surface area contributed by atoms with Crippen LogP contribution in [-0.4, -0.2) is 25.4 Å². The van der Waals surface area contributed by atoms with Crippen molar-refractivity contribution in [3.05, 3.63) is 36.8 Å². The number of nitrogen functional groups attached to an aromatic ring is 1. The van der Waals surface area contributed by atoms with Crippen molar-refractivity contribution in [3.8, 4) is 0 Å². The lowest BCUT2D eigenvalue weighted by atomic mass is 10.3. The first-order valence-electron chi connectivity index (χ1n) is 5.30. The number of anilines is 1. The molecular formula is C11H12N4O2S2. The molecule has 0 saturated heterocycles. The Balaban J connectivity index is 2.38. The van der Waals surface area contributed by atoms with Crippen molar-refractivity contribution in [2.75, 3.05) is 12.8 Å². The van der Waals surface area contributed by atoms with Crippen LogP contribution in [-0.2, 0) is 10.0 Å². The van der Waals surface area contributed by atoms with Crippen LogP contribution < -0.4 is 10.5 Å². The highest BCUT2D eigenvalue weighted by Gasteiger charge is 2.14. The topological polar surface area (TPSA) is 98.0 Å². The largest absolute Gasteiger partial charge is 0.398 e. The fourth-order valence-corrected chi connectivity index (χ4v) is 2.99. The van der Waals surface area contributed by atoms with E-state index in [2.05, 4.69) is 14.7 Å². The predicted octanol–water partition coefficient (Wildman–Crippen LogP) is 1.12. The van der Waals surface area contributed by atoms with Gasteiger partial charge in [0.15, 0.2) is 0 Å². The van der Waals surface area contributed by atoms with Crippen LogP contribution in [0.2, 0.25) is 0 Å². The minimum Gasteiger partial charge on any atom is -0.398 e. The molecule has 0 saturated carbocycles. The number of nitrogens with two attached hydrogens (primary N) is 1. The molecule has 3 N–H and O–H groups in total. The summed E-state index contributed by atoms with van der Waals surface area (Å²) in [6, 6.07) is 4.53. The van der Waals surface area contributed by atoms with Crippen LogP contribution in [0.15, 0.2) is 51.6 Å². The van der Waals surface area contributed by atoms with Gasteiger partial charge in [0.25, 0.3) is 0 Å². The third-order valence-electron chi connectivity index (χ3n) is 2.32. The Bertz CT molecular complexity index is 674. The van der Waals surface area contributed by atoms with Gasteiger partial charge in [-0.25, -0.2) is 18.1 Å². The summed E-state index contributed by atoms with van der Waals surface area (Å²) in [6.45, 7) is 0. The van der Waals surface area contributed by atoms with Gasteiger partial charge in [-0.1, -0.05) is 11.8 Å². The molecule has 1 aromatic carbocycles. The molecule has 1 heterocycles. The quantitative estimate of drug-likeness (QED) is 0.820. The normalized spacial score (nSPS) is 11.4. The predicted molar refractivity (Wildman–Crippen MR) is 73.3 cm³/mol. The molecule has 19 heavy (non-hydrogen) atoms. The molecular weight excluding hydrogens is 284 g/mol. The number of nitrogens with zero attached hydrogens (tertiary/aromatic N) is 2. The Hall–Kier alpha value is -1.64. The summed E-state index contributed by atoms with van der Waals surface area (Å²) in [4.78, 5) is 8.83. The third kappa shape index (κ3) is 3.22. The van der Waals surface area contributed by atoms with Crippen LogP contribution in [0.1, 0.15) is 0 Å². The molecule has 8 heteroatoms. The molecule has 0 spiro atoms. The second kappa shape index (κ2) is 5.55. The average molecular weight is 296 g/mol. The maximum Gasteiger partial charge on any atom is 0.240 e. The summed E-state index contributed by atoms with van der Waals surface area (Å²) in [5.74, 6) is 0. The molecule has 0 unspecified atom stereocenters. The second-order valence-electron chi connectivity index (χ2n) is 3.55. The lowest BCUT2D eigenvalue weighted by Crippen LogP contribution is -2.18. The number of benzene rings is 1. The number of aromatic nitrogens is 2. The zero-order valence-corrected chi connectivity index (χ0v) is 11.7. The molecule has 0 bridgehead atoms. The van der Waals surface area contributed by atoms with E-state index in [1.807, 2.05) is 0 Å². The average Bonchev–Trinajstić information content (AvgIpc) is 2.42. The van der Waals surface area contributed by atoms with Crippen molar-refractivity contribution in [2.24, 2.45) is 0 Å². The highest BCUT2D eigenvalue weighted by atomic mass is 32.2. The first-order valence-corrected chi connectivity index (χ1v) is 7.60. The summed E-state index contributed by atoms with van der Waals surface area (Å²) in [6.07, 6.45) is 4.71. The molecule has 0 aliphatic rings. The van der Waals surface area contributed by atoms with Gasteiger partial charge < -0.3 is 5.73 Å². The Labute approximate surface area is 115 Å². The third-order valence-corrected chi connectivity index (χ3v) is 4.72. The van der Waals surface area contributed by atoms with Crippen molar-refractivity contribution in [3.63, 3.8) is 0 Å². The highest BCUT2D eigenvalue weighted by Crippen LogP contribution is 2.32. The first kappa shape index (κ1) is 13.8. The molecule has 0 aliphatic heterocycles. The van der Waals surface area contributed by atoms with Crippen LogP contribution in [0.25, 0.3) is 0 Å². The van der Waals surface area contributed by atoms with Crippen LogP contribution in [0.3, 0.4) is 0 Å². The molecule has 0 atom stereocenters. The highest BCUT2D eigenvalue weighted by molar-refractivity contribution is 7.99. The monoisotopic (exact) mass is 296 g/mol. The van der Waals surface area contributed by atoms with Crippen LogP contribution >= 0.6 is 11.8 Å². The molecule has 0 radical (unpaired) electrons. The smallest absolute Gasteiger partial charge is 0.240 e. The van der Waals surface area contributed by atoms with E-state index in [0.717, 1.165) is 0 Å². The SMILES string of the molecule is CNS(=O)(=O)c1ccc(N)c(Sc2cnccn2)c1. The van der Waals surface area contributed by atoms with E-state index in [9.17, 15) is 8.42 Å². The van der Waals surface area contributed by atoms with Gasteiger partial charge in [-0.05, 0) is 25.2 Å². The van der Waals surface area contributed by atoms with Gasteiger partial charge >= 0.3 is 0 Å². The van der Waals surface area contributed by atoms with Gasteiger partial charge in [0.2, 0.25) is 10.0 Å². The maximum absolute atomic E-state index is 11.7. The van der Waals surface area contributed by atoms with Crippen molar-refractivity contribution < 1.29 is 8.42 Å². The van der Waals surface area contributed by atoms with Gasteiger partial charge in [-0.15, -0.1) is 0 Å². The lowest BCUT2D eigenvalue weighted by Gasteiger charge is -2.08. The van der Waals surface area contributed by atoms with Crippen LogP contribution in [0.5, 0.6) is 0 Å². The van der Waals surface area contributed by atoms with Gasteiger partial charge in [0, 0.05) is 23.0 Å². The van der Waals surface area contributed by atoms with Gasteiger partial charge in [-0.2, -0.15) is 0 Å². The fourth-order valence-electron chi connectivity index (χ4n) is 1.34. The van der Waals surface area contributed by atoms with Gasteiger partial charge in [-0.3, -0.25) is 4.98 Å². The molecule has 0 fully saturated rings. The Kier molecular flexibility index (Phi) is 4.03. The Morgan fingerprint density at radius 3 is 2.74 bits per heavy atom. The summed E-state index contributed by atoms with van der Waals surface area (Å²) < 4.78 is 25.7. The summed E-state index contributed by atoms with van der Waals surface area (Å²) >= 11 is 1.26. The lowest BCUT2D eigenvalue weighted by molar-refractivity contribution is 0.588. The number of nitrogens with one attached hydrogen (secondary N) is 1. The van der Waals surface area contributed by atoms with Crippen molar-refractivity contribution >= 4 is 27.5 Å². The zero-order chi connectivity index (χ0) is 13.9. The molecule has 100 valence electrons. The van der Waals surface area contributed by atoms with E-state index in [1.54, 1.807) is 24.7 Å².